The van der Waals surface area contributed by atoms with Gasteiger partial charge in [-0.25, -0.2) is 14.8 Å². The van der Waals surface area contributed by atoms with Gasteiger partial charge in [0, 0.05) is 0 Å². The van der Waals surface area contributed by atoms with Crippen molar-refractivity contribution in [2.75, 3.05) is 19.0 Å². The van der Waals surface area contributed by atoms with E-state index in [1.165, 1.54) is 19.5 Å². The number of methoxy groups -OCH3 is 1. The number of primary amides is 1. The van der Waals surface area contributed by atoms with Gasteiger partial charge < -0.3 is 15.8 Å². The Morgan fingerprint density at radius 2 is 2.20 bits per heavy atom. The van der Waals surface area contributed by atoms with Crippen LogP contribution in [-0.2, 0) is 9.53 Å². The molecule has 0 bridgehead atoms. The molecular weight excluding hydrogens is 200 g/mol. The van der Waals surface area contributed by atoms with Crippen molar-refractivity contribution in [1.82, 2.24) is 9.97 Å². The minimum Gasteiger partial charge on any atom is -0.464 e. The summed E-state index contributed by atoms with van der Waals surface area (Å²) in [6, 6.07) is 0. The van der Waals surface area contributed by atoms with E-state index in [2.05, 4.69) is 20.0 Å². The number of carbonyl (C=O) groups is 2. The fraction of sp³-hybridized carbons (Fsp3) is 0.250. The van der Waals surface area contributed by atoms with Gasteiger partial charge in [0.15, 0.2) is 5.69 Å². The largest absolute Gasteiger partial charge is 0.464 e. The minimum atomic E-state index is -0.566. The number of aromatic nitrogens is 2. The highest BCUT2D eigenvalue weighted by molar-refractivity contribution is 5.86. The van der Waals surface area contributed by atoms with E-state index in [1.807, 2.05) is 0 Å². The molecule has 0 aromatic carbocycles. The standard InChI is InChI=1S/C8H10N4O3/c1-15-8(14)5-2-11-7(4-10-5)12-3-6(9)13/h2,4H,3H2,1H3,(H2,9,13)(H,11,12). The molecule has 3 N–H and O–H groups in total. The minimum absolute atomic E-state index is 0.0355. The second-order valence-electron chi connectivity index (χ2n) is 2.60. The Bertz CT molecular complexity index is 363. The molecule has 1 rings (SSSR count). The summed E-state index contributed by atoms with van der Waals surface area (Å²) in [5, 5.41) is 2.63. The first-order chi connectivity index (χ1) is 7.13. The second-order valence-corrected chi connectivity index (χ2v) is 2.60. The molecule has 0 aliphatic rings. The average Bonchev–Trinajstić information content (AvgIpc) is 2.26. The molecule has 0 aliphatic heterocycles. The Balaban J connectivity index is 2.64. The summed E-state index contributed by atoms with van der Waals surface area (Å²) in [5.41, 5.74) is 5.02. The third kappa shape index (κ3) is 3.22. The molecule has 0 spiro atoms. The summed E-state index contributed by atoms with van der Waals surface area (Å²) in [6.45, 7) is -0.0355. The number of nitrogens with zero attached hydrogens (tertiary/aromatic N) is 2. The van der Waals surface area contributed by atoms with Gasteiger partial charge in [0.25, 0.3) is 0 Å². The van der Waals surface area contributed by atoms with Gasteiger partial charge in [0.1, 0.15) is 5.82 Å². The third-order valence-electron chi connectivity index (χ3n) is 1.49. The smallest absolute Gasteiger partial charge is 0.358 e. The zero-order valence-corrected chi connectivity index (χ0v) is 8.06. The van der Waals surface area contributed by atoms with Gasteiger partial charge in [-0.1, -0.05) is 0 Å². The first-order valence-corrected chi connectivity index (χ1v) is 4.06. The van der Waals surface area contributed by atoms with Crippen LogP contribution in [-0.4, -0.2) is 35.5 Å². The highest BCUT2D eigenvalue weighted by atomic mass is 16.5. The van der Waals surface area contributed by atoms with Crippen molar-refractivity contribution in [3.05, 3.63) is 18.1 Å². The Hall–Kier alpha value is -2.18. The van der Waals surface area contributed by atoms with Crippen LogP contribution in [0.25, 0.3) is 0 Å². The molecule has 1 heterocycles. The lowest BCUT2D eigenvalue weighted by Crippen LogP contribution is -2.22. The normalized spacial score (nSPS) is 9.40. The van der Waals surface area contributed by atoms with Crippen LogP contribution in [0.2, 0.25) is 0 Å². The summed E-state index contributed by atoms with van der Waals surface area (Å²) in [5.74, 6) is -0.709. The molecule has 0 unspecified atom stereocenters. The molecule has 7 heteroatoms. The van der Waals surface area contributed by atoms with Crippen molar-refractivity contribution in [1.29, 1.82) is 0 Å². The third-order valence-corrected chi connectivity index (χ3v) is 1.49. The van der Waals surface area contributed by atoms with Gasteiger partial charge in [0.2, 0.25) is 5.91 Å². The second kappa shape index (κ2) is 4.89. The van der Waals surface area contributed by atoms with E-state index in [-0.39, 0.29) is 12.2 Å². The number of hydrogen-bond donors (Lipinski definition) is 2. The summed E-state index contributed by atoms with van der Waals surface area (Å²) < 4.78 is 4.44. The van der Waals surface area contributed by atoms with Gasteiger partial charge in [-0.3, -0.25) is 4.79 Å². The molecule has 7 nitrogen and oxygen atoms in total. The first-order valence-electron chi connectivity index (χ1n) is 4.06. The van der Waals surface area contributed by atoms with Gasteiger partial charge >= 0.3 is 5.97 Å². The lowest BCUT2D eigenvalue weighted by atomic mass is 10.4. The molecule has 1 aromatic rings. The predicted octanol–water partition coefficient (Wildman–Crippen LogP) is -0.840. The Morgan fingerprint density at radius 1 is 1.47 bits per heavy atom. The lowest BCUT2D eigenvalue weighted by molar-refractivity contribution is -0.116. The van der Waals surface area contributed by atoms with Crippen LogP contribution >= 0.6 is 0 Å². The average molecular weight is 210 g/mol. The van der Waals surface area contributed by atoms with Crippen LogP contribution in [0, 0.1) is 0 Å². The van der Waals surface area contributed by atoms with Crippen molar-refractivity contribution < 1.29 is 14.3 Å². The van der Waals surface area contributed by atoms with Crippen LogP contribution in [0.3, 0.4) is 0 Å². The zero-order chi connectivity index (χ0) is 11.3. The molecule has 0 saturated heterocycles. The van der Waals surface area contributed by atoms with Crippen LogP contribution in [0.15, 0.2) is 12.4 Å². The highest BCUT2D eigenvalue weighted by Gasteiger charge is 2.07. The number of esters is 1. The summed E-state index contributed by atoms with van der Waals surface area (Å²) in [4.78, 5) is 29.0. The monoisotopic (exact) mass is 210 g/mol. The van der Waals surface area contributed by atoms with Gasteiger partial charge in [0.05, 0.1) is 26.0 Å². The van der Waals surface area contributed by atoms with Crippen molar-refractivity contribution in [2.24, 2.45) is 5.73 Å². The fourth-order valence-electron chi connectivity index (χ4n) is 0.807. The number of hydrogen-bond acceptors (Lipinski definition) is 6. The van der Waals surface area contributed by atoms with Crippen molar-refractivity contribution >= 4 is 17.7 Å². The van der Waals surface area contributed by atoms with E-state index >= 15 is 0 Å². The Labute approximate surface area is 85.7 Å². The number of ether oxygens (including phenoxy) is 1. The zero-order valence-electron chi connectivity index (χ0n) is 8.06. The van der Waals surface area contributed by atoms with Crippen molar-refractivity contribution in [2.45, 2.75) is 0 Å². The molecular formula is C8H10N4O3. The number of rotatable bonds is 4. The molecule has 0 fully saturated rings. The Morgan fingerprint density at radius 3 is 2.67 bits per heavy atom. The van der Waals surface area contributed by atoms with E-state index in [9.17, 15) is 9.59 Å². The van der Waals surface area contributed by atoms with Gasteiger partial charge in [-0.05, 0) is 0 Å². The summed E-state index contributed by atoms with van der Waals surface area (Å²) in [7, 11) is 1.25. The molecule has 0 radical (unpaired) electrons. The van der Waals surface area contributed by atoms with Crippen LogP contribution in [0.5, 0.6) is 0 Å². The molecule has 1 aromatic heterocycles. The van der Waals surface area contributed by atoms with E-state index in [1.54, 1.807) is 0 Å². The number of anilines is 1. The molecule has 0 aliphatic carbocycles. The summed E-state index contributed by atoms with van der Waals surface area (Å²) >= 11 is 0. The van der Waals surface area contributed by atoms with Crippen molar-refractivity contribution in [3.63, 3.8) is 0 Å². The highest BCUT2D eigenvalue weighted by Crippen LogP contribution is 2.01. The summed E-state index contributed by atoms with van der Waals surface area (Å²) in [6.07, 6.45) is 2.56. The maximum absolute atomic E-state index is 11.0. The SMILES string of the molecule is COC(=O)c1cnc(NCC(N)=O)cn1. The van der Waals surface area contributed by atoms with E-state index in [0.717, 1.165) is 0 Å². The number of nitrogens with one attached hydrogen (secondary N) is 1. The van der Waals surface area contributed by atoms with Gasteiger partial charge in [-0.2, -0.15) is 0 Å². The Kier molecular flexibility index (Phi) is 3.55. The lowest BCUT2D eigenvalue weighted by Gasteiger charge is -2.02. The van der Waals surface area contributed by atoms with E-state index < -0.39 is 11.9 Å². The molecule has 1 amide bonds. The van der Waals surface area contributed by atoms with E-state index in [4.69, 9.17) is 5.73 Å². The maximum atomic E-state index is 11.0. The maximum Gasteiger partial charge on any atom is 0.358 e. The molecule has 15 heavy (non-hydrogen) atoms. The van der Waals surface area contributed by atoms with Crippen molar-refractivity contribution in [3.8, 4) is 0 Å². The first kappa shape index (κ1) is 10.9. The number of carbonyl (C=O) groups excluding carboxylic acids is 2. The number of amides is 1. The molecule has 0 atom stereocenters. The quantitative estimate of drug-likeness (QED) is 0.627. The molecule has 0 saturated carbocycles. The van der Waals surface area contributed by atoms with Crippen LogP contribution in [0.1, 0.15) is 10.5 Å². The number of nitrogens with two attached hydrogens (primary N) is 1. The fourth-order valence-corrected chi connectivity index (χ4v) is 0.807. The van der Waals surface area contributed by atoms with Crippen LogP contribution < -0.4 is 11.1 Å². The van der Waals surface area contributed by atoms with E-state index in [0.29, 0.717) is 5.82 Å². The topological polar surface area (TPSA) is 107 Å². The predicted molar refractivity (Wildman–Crippen MR) is 51.1 cm³/mol. The van der Waals surface area contributed by atoms with Gasteiger partial charge in [-0.15, -0.1) is 0 Å². The molecule has 80 valence electrons. The van der Waals surface area contributed by atoms with Crippen LogP contribution in [0.4, 0.5) is 5.82 Å².